The highest BCUT2D eigenvalue weighted by atomic mass is 32.2. The summed E-state index contributed by atoms with van der Waals surface area (Å²) in [5.41, 5.74) is 2.72. The second-order valence-electron chi connectivity index (χ2n) is 5.44. The lowest BCUT2D eigenvalue weighted by molar-refractivity contribution is -0.141. The summed E-state index contributed by atoms with van der Waals surface area (Å²) in [4.78, 5) is 16.5. The lowest BCUT2D eigenvalue weighted by atomic mass is 10.1. The van der Waals surface area contributed by atoms with Crippen LogP contribution in [0.2, 0.25) is 0 Å². The zero-order valence-electron chi connectivity index (χ0n) is 13.4. The van der Waals surface area contributed by atoms with Crippen LogP contribution in [0.3, 0.4) is 0 Å². The minimum absolute atomic E-state index is 0.103. The van der Waals surface area contributed by atoms with Crippen LogP contribution in [0.1, 0.15) is 22.9 Å². The molecule has 2 heterocycles. The van der Waals surface area contributed by atoms with Crippen molar-refractivity contribution in [2.45, 2.75) is 12.5 Å². The van der Waals surface area contributed by atoms with Gasteiger partial charge in [0.2, 0.25) is 5.88 Å². The molecule has 0 saturated carbocycles. The Balaban J connectivity index is 2.01. The number of carbonyl (C=O) groups is 1. The Kier molecular flexibility index (Phi) is 5.41. The fourth-order valence-electron chi connectivity index (χ4n) is 2.65. The third-order valence-electron chi connectivity index (χ3n) is 3.88. The number of fused-ring (bicyclic) bond motifs is 1. The molecule has 0 fully saturated rings. The Morgan fingerprint density at radius 1 is 1.48 bits per heavy atom. The second kappa shape index (κ2) is 7.55. The highest BCUT2D eigenvalue weighted by molar-refractivity contribution is 7.98. The maximum atomic E-state index is 11.6. The number of thioether (sulfide) groups is 1. The molecule has 1 atom stereocenters. The van der Waals surface area contributed by atoms with Gasteiger partial charge in [0.1, 0.15) is 6.04 Å². The van der Waals surface area contributed by atoms with Crippen LogP contribution in [0, 0.1) is 3.95 Å². The predicted molar refractivity (Wildman–Crippen MR) is 107 cm³/mol. The quantitative estimate of drug-likeness (QED) is 0.702. The molecule has 5 nitrogen and oxygen atoms in total. The maximum Gasteiger partial charge on any atom is 0.326 e. The van der Waals surface area contributed by atoms with E-state index in [1.54, 1.807) is 24.1 Å². The molecule has 25 heavy (non-hydrogen) atoms. The second-order valence-corrected chi connectivity index (χ2v) is 8.10. The largest absolute Gasteiger partial charge is 0.493 e. The minimum atomic E-state index is -0.995. The summed E-state index contributed by atoms with van der Waals surface area (Å²) in [5, 5.41) is 20.1. The van der Waals surface area contributed by atoms with Crippen molar-refractivity contribution in [2.75, 3.05) is 12.0 Å². The highest BCUT2D eigenvalue weighted by Gasteiger charge is 2.25. The van der Waals surface area contributed by atoms with Crippen LogP contribution in [0.15, 0.2) is 29.3 Å². The van der Waals surface area contributed by atoms with Crippen molar-refractivity contribution >= 4 is 64.8 Å². The van der Waals surface area contributed by atoms with Gasteiger partial charge in [-0.1, -0.05) is 18.2 Å². The van der Waals surface area contributed by atoms with E-state index in [4.69, 9.17) is 12.2 Å². The molecule has 1 aliphatic rings. The van der Waals surface area contributed by atoms with E-state index in [1.807, 2.05) is 30.5 Å². The van der Waals surface area contributed by atoms with Gasteiger partial charge in [0.05, 0.1) is 10.6 Å². The van der Waals surface area contributed by atoms with E-state index in [9.17, 15) is 15.0 Å². The van der Waals surface area contributed by atoms with Gasteiger partial charge in [-0.15, -0.1) is 11.3 Å². The maximum absolute atomic E-state index is 11.6. The third-order valence-corrected chi connectivity index (χ3v) is 5.86. The van der Waals surface area contributed by atoms with E-state index in [1.165, 1.54) is 15.9 Å². The molecular weight excluding hydrogens is 376 g/mol. The first-order valence-electron chi connectivity index (χ1n) is 7.54. The summed E-state index contributed by atoms with van der Waals surface area (Å²) in [6, 6.07) is 6.85. The van der Waals surface area contributed by atoms with E-state index in [2.05, 4.69) is 4.99 Å². The van der Waals surface area contributed by atoms with Gasteiger partial charge in [-0.3, -0.25) is 9.56 Å². The lowest BCUT2D eigenvalue weighted by Crippen LogP contribution is -2.19. The number of carboxylic acid groups (broad SMARTS) is 1. The van der Waals surface area contributed by atoms with E-state index in [0.717, 1.165) is 16.8 Å². The number of hydrogen-bond acceptors (Lipinski definition) is 6. The molecule has 0 bridgehead atoms. The number of thiazole rings is 1. The predicted octanol–water partition coefficient (Wildman–Crippen LogP) is 4.62. The first kappa shape index (κ1) is 17.9. The lowest BCUT2D eigenvalue weighted by Gasteiger charge is -2.14. The standard InChI is InChI=1S/C17H16N2O3S3/c1-24-7-6-13(16(21)22)19-15(20)14(25-17(19)23)8-10-9-18-12-5-3-2-4-11(10)12/h2-5,8-9,13,20H,6-7H2,1H3,(H,21,22)/b10-8+/t13-/m0/s1. The molecule has 2 aromatic rings. The van der Waals surface area contributed by atoms with Crippen LogP contribution in [-0.2, 0) is 4.79 Å². The Morgan fingerprint density at radius 2 is 2.24 bits per heavy atom. The highest BCUT2D eigenvalue weighted by Crippen LogP contribution is 2.37. The summed E-state index contributed by atoms with van der Waals surface area (Å²) < 4.78 is 1.68. The number of carboxylic acids is 1. The zero-order valence-corrected chi connectivity index (χ0v) is 15.8. The molecule has 1 aromatic carbocycles. The molecule has 0 amide bonds. The number of nitrogens with zero attached hydrogens (tertiary/aromatic N) is 2. The summed E-state index contributed by atoms with van der Waals surface area (Å²) >= 11 is 8.08. The van der Waals surface area contributed by atoms with Crippen molar-refractivity contribution in [3.63, 3.8) is 0 Å². The van der Waals surface area contributed by atoms with Gasteiger partial charge in [0.25, 0.3) is 0 Å². The van der Waals surface area contributed by atoms with Crippen molar-refractivity contribution in [2.24, 2.45) is 4.99 Å². The normalized spacial score (nSPS) is 15.5. The van der Waals surface area contributed by atoms with Gasteiger partial charge in [0, 0.05) is 17.4 Å². The van der Waals surface area contributed by atoms with Crippen LogP contribution >= 0.6 is 35.3 Å². The van der Waals surface area contributed by atoms with E-state index >= 15 is 0 Å². The summed E-state index contributed by atoms with van der Waals surface area (Å²) in [6.07, 6.45) is 5.85. The number of aliphatic imine (C=N–C) groups is 1. The minimum Gasteiger partial charge on any atom is -0.493 e. The molecule has 8 heteroatoms. The molecule has 0 spiro atoms. The van der Waals surface area contributed by atoms with Gasteiger partial charge < -0.3 is 10.2 Å². The summed E-state index contributed by atoms with van der Waals surface area (Å²) in [7, 11) is 0. The molecule has 0 unspecified atom stereocenters. The van der Waals surface area contributed by atoms with Crippen molar-refractivity contribution in [1.82, 2.24) is 4.57 Å². The molecular formula is C17H16N2O3S3. The summed E-state index contributed by atoms with van der Waals surface area (Å²) in [5.74, 6) is -0.427. The van der Waals surface area contributed by atoms with Gasteiger partial charge in [-0.05, 0) is 42.8 Å². The molecule has 0 saturated heterocycles. The van der Waals surface area contributed by atoms with Crippen LogP contribution in [0.5, 0.6) is 5.88 Å². The smallest absolute Gasteiger partial charge is 0.326 e. The van der Waals surface area contributed by atoms with E-state index in [-0.39, 0.29) is 5.88 Å². The number of aliphatic carboxylic acids is 1. The SMILES string of the molecule is CSCC[C@@H](C(=O)O)n1c(O)c(/C=C2\C=Nc3ccccc32)sc1=S. The first-order valence-corrected chi connectivity index (χ1v) is 10.2. The van der Waals surface area contributed by atoms with Gasteiger partial charge in [-0.25, -0.2) is 4.79 Å². The summed E-state index contributed by atoms with van der Waals surface area (Å²) in [6.45, 7) is 0. The number of allylic oxidation sites excluding steroid dienone is 1. The molecule has 0 radical (unpaired) electrons. The van der Waals surface area contributed by atoms with Crippen LogP contribution in [0.4, 0.5) is 5.69 Å². The van der Waals surface area contributed by atoms with Gasteiger partial charge in [0.15, 0.2) is 3.95 Å². The Morgan fingerprint density at radius 3 is 2.96 bits per heavy atom. The number of hydrogen-bond donors (Lipinski definition) is 2. The molecule has 0 aliphatic carbocycles. The number of aromatic nitrogens is 1. The number of aromatic hydroxyl groups is 1. The third kappa shape index (κ3) is 3.56. The number of benzene rings is 1. The molecule has 1 aliphatic heterocycles. The van der Waals surface area contributed by atoms with Gasteiger partial charge >= 0.3 is 5.97 Å². The van der Waals surface area contributed by atoms with Crippen molar-refractivity contribution in [1.29, 1.82) is 0 Å². The van der Waals surface area contributed by atoms with Crippen molar-refractivity contribution in [3.8, 4) is 5.88 Å². The first-order chi connectivity index (χ1) is 12.0. The molecule has 1 aromatic heterocycles. The van der Waals surface area contributed by atoms with E-state index < -0.39 is 12.0 Å². The van der Waals surface area contributed by atoms with Crippen LogP contribution < -0.4 is 0 Å². The average molecular weight is 393 g/mol. The van der Waals surface area contributed by atoms with E-state index in [0.29, 0.717) is 21.0 Å². The number of para-hydroxylation sites is 1. The van der Waals surface area contributed by atoms with Crippen molar-refractivity contribution < 1.29 is 15.0 Å². The fourth-order valence-corrected chi connectivity index (χ4v) is 4.47. The Hall–Kier alpha value is -1.90. The van der Waals surface area contributed by atoms with Gasteiger partial charge in [-0.2, -0.15) is 11.8 Å². The zero-order chi connectivity index (χ0) is 18.0. The van der Waals surface area contributed by atoms with Crippen LogP contribution in [0.25, 0.3) is 11.6 Å². The Bertz CT molecular complexity index is 927. The number of rotatable bonds is 6. The topological polar surface area (TPSA) is 74.8 Å². The molecule has 130 valence electrons. The average Bonchev–Trinajstić information content (AvgIpc) is 3.11. The molecule has 2 N–H and O–H groups in total. The fraction of sp³-hybridized carbons (Fsp3) is 0.235. The van der Waals surface area contributed by atoms with Crippen LogP contribution in [-0.4, -0.2) is 39.0 Å². The Labute approximate surface area is 158 Å². The van der Waals surface area contributed by atoms with Crippen molar-refractivity contribution in [3.05, 3.63) is 38.7 Å². The molecule has 3 rings (SSSR count). The monoisotopic (exact) mass is 392 g/mol.